The molecule has 2 aliphatic heterocycles. The van der Waals surface area contributed by atoms with E-state index in [1.807, 2.05) is 68.4 Å². The number of aliphatic hydroxyl groups excluding tert-OH is 2. The van der Waals surface area contributed by atoms with E-state index >= 15 is 0 Å². The number of unbranched alkanes of at least 4 members (excludes halogenated alkanes) is 2. The highest BCUT2D eigenvalue weighted by molar-refractivity contribution is 6.03. The van der Waals surface area contributed by atoms with Crippen LogP contribution in [0.4, 0.5) is 9.59 Å². The summed E-state index contributed by atoms with van der Waals surface area (Å²) < 4.78 is 43.6. The van der Waals surface area contributed by atoms with Crippen LogP contribution >= 0.6 is 0 Å². The fourth-order valence-electron chi connectivity index (χ4n) is 9.71. The fourth-order valence-corrected chi connectivity index (χ4v) is 9.71. The Labute approximate surface area is 381 Å². The lowest BCUT2D eigenvalue weighted by Gasteiger charge is -2.59. The van der Waals surface area contributed by atoms with Crippen LogP contribution in [0.5, 0.6) is 23.0 Å². The summed E-state index contributed by atoms with van der Waals surface area (Å²) >= 11 is 0. The molecular formula is C50H63N3O12. The van der Waals surface area contributed by atoms with Gasteiger partial charge in [0.1, 0.15) is 30.8 Å². The zero-order valence-electron chi connectivity index (χ0n) is 37.5. The van der Waals surface area contributed by atoms with Crippen LogP contribution in [0.25, 0.3) is 0 Å². The van der Waals surface area contributed by atoms with E-state index in [4.69, 9.17) is 43.2 Å². The SMILES string of the molecule is C=CCOC12Oc3ccc(OC(=O)NCC)cc3C3C(CCCCO)C(CCCCO)C=C(C(=NOCC)CC1N(Cc1ccc4c(c1)OCO4)C(=O)OCCOCc1ccccc1)C32. The van der Waals surface area contributed by atoms with Crippen LogP contribution in [0.1, 0.15) is 81.4 Å². The van der Waals surface area contributed by atoms with Gasteiger partial charge in [-0.1, -0.05) is 66.5 Å². The number of oxime groups is 1. The lowest BCUT2D eigenvalue weighted by Crippen LogP contribution is -2.70. The van der Waals surface area contributed by atoms with Crippen molar-refractivity contribution in [2.45, 2.75) is 89.7 Å². The largest absolute Gasteiger partial charge is 0.459 e. The first-order valence-electron chi connectivity index (χ1n) is 22.9. The first-order valence-corrected chi connectivity index (χ1v) is 22.9. The number of nitrogens with zero attached hydrogens (tertiary/aromatic N) is 2. The molecule has 0 saturated heterocycles. The fraction of sp³-hybridized carbons (Fsp3) is 0.500. The van der Waals surface area contributed by atoms with Crippen molar-refractivity contribution in [3.63, 3.8) is 0 Å². The second-order valence-corrected chi connectivity index (χ2v) is 16.6. The molecule has 0 spiro atoms. The molecule has 1 fully saturated rings. The Morgan fingerprint density at radius 2 is 1.72 bits per heavy atom. The second kappa shape index (κ2) is 23.0. The van der Waals surface area contributed by atoms with Crippen molar-refractivity contribution < 1.29 is 57.8 Å². The first kappa shape index (κ1) is 47.4. The molecule has 3 N–H and O–H groups in total. The molecule has 2 heterocycles. The monoisotopic (exact) mass is 897 g/mol. The van der Waals surface area contributed by atoms with Crippen molar-refractivity contribution in [3.05, 3.63) is 108 Å². The maximum atomic E-state index is 14.9. The number of fused-ring (bicyclic) bond motifs is 3. The van der Waals surface area contributed by atoms with Crippen molar-refractivity contribution in [2.75, 3.05) is 53.0 Å². The minimum absolute atomic E-state index is 0.0153. The second-order valence-electron chi connectivity index (χ2n) is 16.6. The highest BCUT2D eigenvalue weighted by atomic mass is 16.7. The normalized spacial score (nSPS) is 23.0. The van der Waals surface area contributed by atoms with Gasteiger partial charge in [-0.2, -0.15) is 0 Å². The van der Waals surface area contributed by atoms with Gasteiger partial charge in [0.15, 0.2) is 11.5 Å². The number of ether oxygens (including phenoxy) is 7. The van der Waals surface area contributed by atoms with Gasteiger partial charge in [0.2, 0.25) is 12.6 Å². The number of rotatable bonds is 23. The summed E-state index contributed by atoms with van der Waals surface area (Å²) in [5.74, 6) is -0.446. The Bertz CT molecular complexity index is 2130. The summed E-state index contributed by atoms with van der Waals surface area (Å²) in [4.78, 5) is 35.3. The molecule has 3 aromatic rings. The Morgan fingerprint density at radius 1 is 0.938 bits per heavy atom. The maximum absolute atomic E-state index is 14.9. The van der Waals surface area contributed by atoms with Gasteiger partial charge in [-0.15, -0.1) is 6.58 Å². The van der Waals surface area contributed by atoms with E-state index in [2.05, 4.69) is 18.0 Å². The van der Waals surface area contributed by atoms with E-state index in [0.717, 1.165) is 47.9 Å². The first-order chi connectivity index (χ1) is 31.8. The number of amides is 2. The standard InChI is InChI=1S/C50H63N3O12/c1-4-24-62-50-45(53(31-35-18-20-43-44(27-35)61-33-60-43)49(57)59-26-25-58-32-34-14-8-7-9-15-34)30-41(52-63-6-3)39-28-36(16-10-12-22-54)38(17-11-13-23-55)46(47(39)50)40-29-37(19-21-42(40)65-50)64-48(56)51-5-2/h4,7-9,14-15,18-21,27-29,36,38,45-47,54-55H,1,5-6,10-13,16-17,22-26,30-33H2,2-3H3,(H,51,56). The lowest BCUT2D eigenvalue weighted by atomic mass is 9.55. The average molecular weight is 898 g/mol. The Kier molecular flexibility index (Phi) is 16.8. The molecule has 2 amide bonds. The third-order valence-corrected chi connectivity index (χ3v) is 12.4. The summed E-state index contributed by atoms with van der Waals surface area (Å²) in [6.45, 7) is 9.29. The number of allylic oxidation sites excluding steroid dienone is 1. The van der Waals surface area contributed by atoms with E-state index in [1.165, 1.54) is 0 Å². The Balaban J connectivity index is 1.37. The molecule has 0 radical (unpaired) electrons. The molecule has 3 aromatic carbocycles. The zero-order valence-corrected chi connectivity index (χ0v) is 37.5. The number of carbonyl (C=O) groups excluding carboxylic acids is 2. The highest BCUT2D eigenvalue weighted by Crippen LogP contribution is 2.62. The molecule has 6 atom stereocenters. The molecule has 1 saturated carbocycles. The van der Waals surface area contributed by atoms with Gasteiger partial charge in [0, 0.05) is 44.2 Å². The van der Waals surface area contributed by atoms with Gasteiger partial charge >= 0.3 is 12.2 Å². The van der Waals surface area contributed by atoms with Gasteiger partial charge in [-0.25, -0.2) is 9.59 Å². The van der Waals surface area contributed by atoms with E-state index in [-0.39, 0.29) is 70.5 Å². The Morgan fingerprint density at radius 3 is 2.49 bits per heavy atom. The minimum Gasteiger partial charge on any atom is -0.459 e. The Hall–Kier alpha value is -5.61. The molecule has 2 aliphatic carbocycles. The molecule has 350 valence electrons. The molecule has 0 bridgehead atoms. The molecule has 65 heavy (non-hydrogen) atoms. The van der Waals surface area contributed by atoms with Gasteiger partial charge < -0.3 is 53.5 Å². The summed E-state index contributed by atoms with van der Waals surface area (Å²) in [5.41, 5.74) is 4.09. The number of aliphatic hydroxyl groups is 2. The van der Waals surface area contributed by atoms with Gasteiger partial charge in [-0.05, 0) is 98.4 Å². The lowest BCUT2D eigenvalue weighted by molar-refractivity contribution is -0.256. The summed E-state index contributed by atoms with van der Waals surface area (Å²) in [5, 5.41) is 27.4. The molecule has 6 unspecified atom stereocenters. The van der Waals surface area contributed by atoms with Crippen LogP contribution < -0.4 is 24.3 Å². The number of benzene rings is 3. The topological polar surface area (TPSA) is 176 Å². The van der Waals surface area contributed by atoms with Crippen LogP contribution in [0.3, 0.4) is 0 Å². The van der Waals surface area contributed by atoms with Crippen molar-refractivity contribution >= 4 is 17.9 Å². The molecule has 4 aliphatic rings. The van der Waals surface area contributed by atoms with Crippen molar-refractivity contribution in [1.29, 1.82) is 0 Å². The van der Waals surface area contributed by atoms with Gasteiger partial charge in [0.25, 0.3) is 0 Å². The van der Waals surface area contributed by atoms with Gasteiger partial charge in [0.05, 0.1) is 31.5 Å². The van der Waals surface area contributed by atoms with Crippen LogP contribution in [-0.4, -0.2) is 97.8 Å². The van der Waals surface area contributed by atoms with Crippen molar-refractivity contribution in [3.8, 4) is 23.0 Å². The van der Waals surface area contributed by atoms with Crippen LogP contribution in [0, 0.1) is 17.8 Å². The van der Waals surface area contributed by atoms with Crippen LogP contribution in [-0.2, 0) is 32.2 Å². The van der Waals surface area contributed by atoms with Gasteiger partial charge in [-0.3, -0.25) is 4.90 Å². The predicted octanol–water partition coefficient (Wildman–Crippen LogP) is 8.03. The zero-order chi connectivity index (χ0) is 45.6. The third-order valence-electron chi connectivity index (χ3n) is 12.4. The molecule has 7 rings (SSSR count). The summed E-state index contributed by atoms with van der Waals surface area (Å²) in [7, 11) is 0. The molecular weight excluding hydrogens is 835 g/mol. The van der Waals surface area contributed by atoms with E-state index in [9.17, 15) is 19.8 Å². The van der Waals surface area contributed by atoms with Crippen molar-refractivity contribution in [2.24, 2.45) is 22.9 Å². The molecule has 15 heteroatoms. The quantitative estimate of drug-likeness (QED) is 0.0476. The number of hydrogen-bond donors (Lipinski definition) is 3. The number of carbonyl (C=O) groups is 2. The van der Waals surface area contributed by atoms with Crippen LogP contribution in [0.15, 0.2) is 96.2 Å². The molecule has 0 aromatic heterocycles. The van der Waals surface area contributed by atoms with E-state index in [1.54, 1.807) is 23.1 Å². The van der Waals surface area contributed by atoms with Crippen LogP contribution in [0.2, 0.25) is 0 Å². The maximum Gasteiger partial charge on any atom is 0.412 e. The third kappa shape index (κ3) is 11.1. The average Bonchev–Trinajstić information content (AvgIpc) is 3.79. The highest BCUT2D eigenvalue weighted by Gasteiger charge is 2.65. The summed E-state index contributed by atoms with van der Waals surface area (Å²) in [6, 6.07) is 19.9. The minimum atomic E-state index is -1.55. The number of hydrogen-bond acceptors (Lipinski definition) is 13. The predicted molar refractivity (Wildman–Crippen MR) is 242 cm³/mol. The van der Waals surface area contributed by atoms with E-state index < -0.39 is 29.9 Å². The summed E-state index contributed by atoms with van der Waals surface area (Å²) in [6.07, 6.45) is 7.22. The smallest absolute Gasteiger partial charge is 0.412 e. The number of nitrogens with one attached hydrogen (secondary N) is 1. The molecule has 15 nitrogen and oxygen atoms in total. The van der Waals surface area contributed by atoms with E-state index in [0.29, 0.717) is 61.3 Å². The van der Waals surface area contributed by atoms with Crippen molar-refractivity contribution in [1.82, 2.24) is 10.2 Å².